The molecule has 2 aromatic rings. The average molecular weight is 204 g/mol. The van der Waals surface area contributed by atoms with Crippen LogP contribution in [0.3, 0.4) is 0 Å². The van der Waals surface area contributed by atoms with Crippen molar-refractivity contribution in [1.82, 2.24) is 9.88 Å². The predicted octanol–water partition coefficient (Wildman–Crippen LogP) is 1.51. The molecule has 1 N–H and O–H groups in total. The highest BCUT2D eigenvalue weighted by molar-refractivity contribution is 5.91. The van der Waals surface area contributed by atoms with E-state index in [1.165, 1.54) is 6.26 Å². The summed E-state index contributed by atoms with van der Waals surface area (Å²) in [6.07, 6.45) is 5.40. The smallest absolute Gasteiger partial charge is 0.287 e. The fraction of sp³-hybridized carbons (Fsp3) is 0.182. The van der Waals surface area contributed by atoms with Crippen LogP contribution in [0.25, 0.3) is 0 Å². The molecule has 0 saturated carbocycles. The third-order valence-corrected chi connectivity index (χ3v) is 2.07. The normalized spacial score (nSPS) is 10.1. The summed E-state index contributed by atoms with van der Waals surface area (Å²) in [6.45, 7) is 1.35. The zero-order valence-corrected chi connectivity index (χ0v) is 8.22. The van der Waals surface area contributed by atoms with Crippen LogP contribution in [0.5, 0.6) is 0 Å². The third kappa shape index (κ3) is 2.49. The largest absolute Gasteiger partial charge is 0.459 e. The fourth-order valence-corrected chi connectivity index (χ4v) is 1.31. The van der Waals surface area contributed by atoms with E-state index in [2.05, 4.69) is 5.32 Å². The highest BCUT2D eigenvalue weighted by Gasteiger charge is 2.06. The molecule has 78 valence electrons. The van der Waals surface area contributed by atoms with Gasteiger partial charge in [-0.05, 0) is 24.3 Å². The average Bonchev–Trinajstić information content (AvgIpc) is 2.90. The second-order valence-electron chi connectivity index (χ2n) is 3.15. The Bertz CT molecular complexity index is 404. The highest BCUT2D eigenvalue weighted by Crippen LogP contribution is 1.98. The van der Waals surface area contributed by atoms with Gasteiger partial charge in [-0.15, -0.1) is 0 Å². The van der Waals surface area contributed by atoms with Gasteiger partial charge in [0.05, 0.1) is 6.26 Å². The minimum atomic E-state index is -0.174. The van der Waals surface area contributed by atoms with Gasteiger partial charge >= 0.3 is 0 Å². The summed E-state index contributed by atoms with van der Waals surface area (Å²) in [4.78, 5) is 11.4. The van der Waals surface area contributed by atoms with E-state index >= 15 is 0 Å². The molecule has 0 bridgehead atoms. The highest BCUT2D eigenvalue weighted by atomic mass is 16.3. The number of aromatic nitrogens is 1. The van der Waals surface area contributed by atoms with Gasteiger partial charge < -0.3 is 14.3 Å². The quantitative estimate of drug-likeness (QED) is 0.820. The first kappa shape index (κ1) is 9.58. The number of nitrogens with one attached hydrogen (secondary N) is 1. The van der Waals surface area contributed by atoms with E-state index in [0.29, 0.717) is 12.3 Å². The topological polar surface area (TPSA) is 47.2 Å². The molecule has 0 radical (unpaired) electrons. The molecule has 0 atom stereocenters. The molecule has 15 heavy (non-hydrogen) atoms. The summed E-state index contributed by atoms with van der Waals surface area (Å²) in [5.74, 6) is 0.176. The Hall–Kier alpha value is -1.97. The Morgan fingerprint density at radius 1 is 1.33 bits per heavy atom. The van der Waals surface area contributed by atoms with Crippen LogP contribution in [0, 0.1) is 0 Å². The minimum absolute atomic E-state index is 0.174. The molecule has 0 aliphatic heterocycles. The second-order valence-corrected chi connectivity index (χ2v) is 3.15. The molecule has 1 amide bonds. The van der Waals surface area contributed by atoms with Crippen molar-refractivity contribution in [3.05, 3.63) is 48.7 Å². The lowest BCUT2D eigenvalue weighted by Gasteiger charge is -2.03. The number of carbonyl (C=O) groups is 1. The van der Waals surface area contributed by atoms with Crippen molar-refractivity contribution in [3.8, 4) is 0 Å². The lowest BCUT2D eigenvalue weighted by Crippen LogP contribution is -2.26. The van der Waals surface area contributed by atoms with E-state index in [0.717, 1.165) is 6.54 Å². The molecular weight excluding hydrogens is 192 g/mol. The predicted molar refractivity (Wildman–Crippen MR) is 55.5 cm³/mol. The van der Waals surface area contributed by atoms with Gasteiger partial charge in [-0.3, -0.25) is 4.79 Å². The zero-order valence-electron chi connectivity index (χ0n) is 8.22. The third-order valence-electron chi connectivity index (χ3n) is 2.07. The van der Waals surface area contributed by atoms with Gasteiger partial charge in [-0.2, -0.15) is 0 Å². The Morgan fingerprint density at radius 3 is 2.80 bits per heavy atom. The Labute approximate surface area is 87.5 Å². The van der Waals surface area contributed by atoms with Gasteiger partial charge in [0.1, 0.15) is 0 Å². The number of rotatable bonds is 4. The van der Waals surface area contributed by atoms with Gasteiger partial charge in [0.15, 0.2) is 5.76 Å². The van der Waals surface area contributed by atoms with Crippen molar-refractivity contribution in [3.63, 3.8) is 0 Å². The minimum Gasteiger partial charge on any atom is -0.459 e. The first-order valence-corrected chi connectivity index (χ1v) is 4.79. The molecule has 0 spiro atoms. The van der Waals surface area contributed by atoms with Crippen LogP contribution in [0.2, 0.25) is 0 Å². The van der Waals surface area contributed by atoms with Gasteiger partial charge in [0.25, 0.3) is 5.91 Å². The van der Waals surface area contributed by atoms with Gasteiger partial charge in [-0.1, -0.05) is 0 Å². The van der Waals surface area contributed by atoms with Crippen molar-refractivity contribution in [2.75, 3.05) is 6.54 Å². The molecule has 2 rings (SSSR count). The van der Waals surface area contributed by atoms with Crippen molar-refractivity contribution in [1.29, 1.82) is 0 Å². The first-order chi connectivity index (χ1) is 7.36. The SMILES string of the molecule is O=C(NCCn1cccc1)c1ccco1. The van der Waals surface area contributed by atoms with Crippen molar-refractivity contribution in [2.24, 2.45) is 0 Å². The molecule has 2 aromatic heterocycles. The van der Waals surface area contributed by atoms with Gasteiger partial charge in [0.2, 0.25) is 0 Å². The molecular formula is C11H12N2O2. The maximum Gasteiger partial charge on any atom is 0.287 e. The summed E-state index contributed by atoms with van der Waals surface area (Å²) in [5, 5.41) is 2.77. The number of hydrogen-bond donors (Lipinski definition) is 1. The van der Waals surface area contributed by atoms with Crippen LogP contribution in [0.1, 0.15) is 10.6 Å². The molecule has 2 heterocycles. The van der Waals surface area contributed by atoms with Gasteiger partial charge in [-0.25, -0.2) is 0 Å². The second kappa shape index (κ2) is 4.50. The number of amides is 1. The lowest BCUT2D eigenvalue weighted by molar-refractivity contribution is 0.0924. The summed E-state index contributed by atoms with van der Waals surface area (Å²) in [6, 6.07) is 7.24. The van der Waals surface area contributed by atoms with Crippen molar-refractivity contribution < 1.29 is 9.21 Å². The number of furan rings is 1. The standard InChI is InChI=1S/C11H12N2O2/c14-11(10-4-3-9-15-10)12-5-8-13-6-1-2-7-13/h1-4,6-7,9H,5,8H2,(H,12,14). The van der Waals surface area contributed by atoms with Crippen LogP contribution < -0.4 is 5.32 Å². The molecule has 0 aliphatic rings. The molecule has 4 heteroatoms. The molecule has 0 fully saturated rings. The summed E-state index contributed by atoms with van der Waals surface area (Å²) >= 11 is 0. The Morgan fingerprint density at radius 2 is 2.13 bits per heavy atom. The molecule has 0 aliphatic carbocycles. The maximum atomic E-state index is 11.4. The Kier molecular flexibility index (Phi) is 2.88. The van der Waals surface area contributed by atoms with E-state index in [9.17, 15) is 4.79 Å². The van der Waals surface area contributed by atoms with Gasteiger partial charge in [0, 0.05) is 25.5 Å². The fourth-order valence-electron chi connectivity index (χ4n) is 1.31. The van der Waals surface area contributed by atoms with E-state index in [4.69, 9.17) is 4.42 Å². The first-order valence-electron chi connectivity index (χ1n) is 4.79. The van der Waals surface area contributed by atoms with Crippen molar-refractivity contribution in [2.45, 2.75) is 6.54 Å². The molecule has 4 nitrogen and oxygen atoms in total. The number of nitrogens with zero attached hydrogens (tertiary/aromatic N) is 1. The lowest BCUT2D eigenvalue weighted by atomic mass is 10.4. The van der Waals surface area contributed by atoms with E-state index in [1.54, 1.807) is 12.1 Å². The molecule has 0 saturated heterocycles. The van der Waals surface area contributed by atoms with Crippen LogP contribution in [-0.4, -0.2) is 17.0 Å². The van der Waals surface area contributed by atoms with Crippen LogP contribution in [0.4, 0.5) is 0 Å². The summed E-state index contributed by atoms with van der Waals surface area (Å²) in [5.41, 5.74) is 0. The summed E-state index contributed by atoms with van der Waals surface area (Å²) < 4.78 is 6.97. The van der Waals surface area contributed by atoms with E-state index in [1.807, 2.05) is 29.1 Å². The van der Waals surface area contributed by atoms with Crippen molar-refractivity contribution >= 4 is 5.91 Å². The van der Waals surface area contributed by atoms with Crippen LogP contribution in [0.15, 0.2) is 47.3 Å². The maximum absolute atomic E-state index is 11.4. The van der Waals surface area contributed by atoms with Crippen LogP contribution in [-0.2, 0) is 6.54 Å². The zero-order chi connectivity index (χ0) is 10.5. The molecule has 0 aromatic carbocycles. The van der Waals surface area contributed by atoms with E-state index in [-0.39, 0.29) is 5.91 Å². The Balaban J connectivity index is 1.77. The monoisotopic (exact) mass is 204 g/mol. The van der Waals surface area contributed by atoms with E-state index < -0.39 is 0 Å². The summed E-state index contributed by atoms with van der Waals surface area (Å²) in [7, 11) is 0. The molecule has 0 unspecified atom stereocenters. The van der Waals surface area contributed by atoms with Crippen LogP contribution >= 0.6 is 0 Å². The number of carbonyl (C=O) groups excluding carboxylic acids is 1. The number of hydrogen-bond acceptors (Lipinski definition) is 2.